The quantitative estimate of drug-likeness (QED) is 0.776. The molecule has 0 bridgehead atoms. The molecule has 0 saturated carbocycles. The molecule has 1 unspecified atom stereocenters. The van der Waals surface area contributed by atoms with E-state index in [0.29, 0.717) is 22.9 Å². The first-order chi connectivity index (χ1) is 7.04. The Morgan fingerprint density at radius 1 is 1.67 bits per heavy atom. The highest BCUT2D eigenvalue weighted by Crippen LogP contribution is 2.26. The van der Waals surface area contributed by atoms with Crippen molar-refractivity contribution in [1.29, 1.82) is 0 Å². The normalized spacial score (nSPS) is 12.1. The molecule has 0 aliphatic heterocycles. The lowest BCUT2D eigenvalue weighted by molar-refractivity contribution is -0.145. The molecule has 3 N–H and O–H groups in total. The summed E-state index contributed by atoms with van der Waals surface area (Å²) < 4.78 is 5.23. The highest BCUT2D eigenvalue weighted by Gasteiger charge is 2.17. The molecule has 15 heavy (non-hydrogen) atoms. The Kier molecular flexibility index (Phi) is 3.80. The molecule has 0 radical (unpaired) electrons. The molecule has 0 saturated heterocycles. The number of carbonyl (C=O) groups is 1. The van der Waals surface area contributed by atoms with Crippen LogP contribution in [0.25, 0.3) is 0 Å². The van der Waals surface area contributed by atoms with E-state index in [1.807, 2.05) is 0 Å². The first-order valence-corrected chi connectivity index (χ1v) is 4.87. The van der Waals surface area contributed by atoms with E-state index in [1.54, 1.807) is 19.1 Å². The summed E-state index contributed by atoms with van der Waals surface area (Å²) in [4.78, 5) is 10.7. The van der Waals surface area contributed by atoms with Crippen molar-refractivity contribution >= 4 is 23.3 Å². The van der Waals surface area contributed by atoms with Crippen LogP contribution in [0.5, 0.6) is 5.75 Å². The molecule has 1 atom stereocenters. The Morgan fingerprint density at radius 2 is 2.33 bits per heavy atom. The maximum absolute atomic E-state index is 10.7. The Labute approximate surface area is 92.6 Å². The van der Waals surface area contributed by atoms with Gasteiger partial charge in [-0.15, -0.1) is 0 Å². The number of anilines is 1. The van der Waals surface area contributed by atoms with Crippen molar-refractivity contribution < 1.29 is 14.6 Å². The third-order valence-electron chi connectivity index (χ3n) is 1.89. The fraction of sp³-hybridized carbons (Fsp3) is 0.300. The molecule has 5 heteroatoms. The van der Waals surface area contributed by atoms with Gasteiger partial charge in [-0.1, -0.05) is 18.5 Å². The van der Waals surface area contributed by atoms with Crippen LogP contribution in [0.1, 0.15) is 13.3 Å². The Hall–Kier alpha value is -1.42. The molecule has 1 aromatic carbocycles. The number of carboxylic acids is 1. The number of ether oxygens (including phenoxy) is 1. The monoisotopic (exact) mass is 229 g/mol. The van der Waals surface area contributed by atoms with Gasteiger partial charge >= 0.3 is 5.97 Å². The number of halogens is 1. The number of carboxylic acid groups (broad SMARTS) is 1. The van der Waals surface area contributed by atoms with Gasteiger partial charge in [-0.25, -0.2) is 4.79 Å². The van der Waals surface area contributed by atoms with Crippen molar-refractivity contribution in [1.82, 2.24) is 0 Å². The SMILES string of the molecule is CCC(Oc1ccc(Cl)cc1N)C(=O)O. The van der Waals surface area contributed by atoms with E-state index >= 15 is 0 Å². The van der Waals surface area contributed by atoms with Crippen LogP contribution in [-0.4, -0.2) is 17.2 Å². The summed E-state index contributed by atoms with van der Waals surface area (Å²) in [7, 11) is 0. The minimum absolute atomic E-state index is 0.335. The zero-order valence-electron chi connectivity index (χ0n) is 8.24. The van der Waals surface area contributed by atoms with Crippen LogP contribution in [0.15, 0.2) is 18.2 Å². The topological polar surface area (TPSA) is 72.5 Å². The lowest BCUT2D eigenvalue weighted by atomic mass is 10.2. The average Bonchev–Trinajstić information content (AvgIpc) is 2.16. The van der Waals surface area contributed by atoms with Crippen LogP contribution in [0.4, 0.5) is 5.69 Å². The van der Waals surface area contributed by atoms with Crippen molar-refractivity contribution in [2.45, 2.75) is 19.4 Å². The predicted molar refractivity (Wildman–Crippen MR) is 58.2 cm³/mol. The van der Waals surface area contributed by atoms with Gasteiger partial charge in [-0.05, 0) is 24.6 Å². The highest BCUT2D eigenvalue weighted by molar-refractivity contribution is 6.30. The van der Waals surface area contributed by atoms with E-state index in [2.05, 4.69) is 0 Å². The molecule has 0 heterocycles. The molecule has 0 aromatic heterocycles. The molecule has 82 valence electrons. The van der Waals surface area contributed by atoms with Gasteiger partial charge in [0.15, 0.2) is 6.10 Å². The number of hydrogen-bond donors (Lipinski definition) is 2. The van der Waals surface area contributed by atoms with Gasteiger partial charge in [0.05, 0.1) is 5.69 Å². The molecule has 1 aromatic rings. The standard InChI is InChI=1S/C10H12ClNO3/c1-2-8(10(13)14)15-9-4-3-6(11)5-7(9)12/h3-5,8H,2,12H2,1H3,(H,13,14). The van der Waals surface area contributed by atoms with Gasteiger partial charge in [0, 0.05) is 5.02 Å². The first kappa shape index (κ1) is 11.7. The third kappa shape index (κ3) is 3.02. The number of nitrogens with two attached hydrogens (primary N) is 1. The molecule has 0 aliphatic carbocycles. The van der Waals surface area contributed by atoms with Crippen molar-refractivity contribution in [2.75, 3.05) is 5.73 Å². The second-order valence-corrected chi connectivity index (χ2v) is 3.47. The zero-order chi connectivity index (χ0) is 11.4. The second kappa shape index (κ2) is 4.89. The van der Waals surface area contributed by atoms with E-state index in [0.717, 1.165) is 0 Å². The summed E-state index contributed by atoms with van der Waals surface area (Å²) in [6.07, 6.45) is -0.509. The van der Waals surface area contributed by atoms with Crippen molar-refractivity contribution in [2.24, 2.45) is 0 Å². The molecule has 0 fully saturated rings. The van der Waals surface area contributed by atoms with Crippen molar-refractivity contribution in [3.8, 4) is 5.75 Å². The predicted octanol–water partition coefficient (Wildman–Crippen LogP) is 2.16. The van der Waals surface area contributed by atoms with Crippen molar-refractivity contribution in [3.63, 3.8) is 0 Å². The summed E-state index contributed by atoms with van der Waals surface area (Å²) in [5.41, 5.74) is 5.96. The van der Waals surface area contributed by atoms with Crippen LogP contribution in [0.3, 0.4) is 0 Å². The zero-order valence-corrected chi connectivity index (χ0v) is 8.99. The third-order valence-corrected chi connectivity index (χ3v) is 2.12. The summed E-state index contributed by atoms with van der Waals surface area (Å²) in [6, 6.07) is 4.68. The lowest BCUT2D eigenvalue weighted by Crippen LogP contribution is -2.26. The van der Waals surface area contributed by atoms with Crippen LogP contribution in [0.2, 0.25) is 5.02 Å². The summed E-state index contributed by atoms with van der Waals surface area (Å²) in [5, 5.41) is 9.28. The van der Waals surface area contributed by atoms with Gasteiger partial charge < -0.3 is 15.6 Å². The number of nitrogen functional groups attached to an aromatic ring is 1. The van der Waals surface area contributed by atoms with Crippen LogP contribution in [0, 0.1) is 0 Å². The fourth-order valence-electron chi connectivity index (χ4n) is 1.09. The Morgan fingerprint density at radius 3 is 2.80 bits per heavy atom. The maximum Gasteiger partial charge on any atom is 0.344 e. The van der Waals surface area contributed by atoms with Gasteiger partial charge in [0.2, 0.25) is 0 Å². The molecule has 0 amide bonds. The second-order valence-electron chi connectivity index (χ2n) is 3.04. The largest absolute Gasteiger partial charge is 0.479 e. The highest BCUT2D eigenvalue weighted by atomic mass is 35.5. The van der Waals surface area contributed by atoms with Crippen LogP contribution >= 0.6 is 11.6 Å². The summed E-state index contributed by atoms with van der Waals surface area (Å²) >= 11 is 5.70. The van der Waals surface area contributed by atoms with Crippen molar-refractivity contribution in [3.05, 3.63) is 23.2 Å². The summed E-state index contributed by atoms with van der Waals surface area (Å²) in [6.45, 7) is 1.73. The minimum atomic E-state index is -1.01. The van der Waals surface area contributed by atoms with Gasteiger partial charge in [0.1, 0.15) is 5.75 Å². The van der Waals surface area contributed by atoms with E-state index in [4.69, 9.17) is 27.2 Å². The van der Waals surface area contributed by atoms with E-state index in [-0.39, 0.29) is 0 Å². The number of rotatable bonds is 4. The minimum Gasteiger partial charge on any atom is -0.479 e. The number of benzene rings is 1. The molecule has 1 rings (SSSR count). The number of aliphatic carboxylic acids is 1. The Bertz CT molecular complexity index is 368. The lowest BCUT2D eigenvalue weighted by Gasteiger charge is -2.14. The van der Waals surface area contributed by atoms with Crippen LogP contribution < -0.4 is 10.5 Å². The smallest absolute Gasteiger partial charge is 0.344 e. The van der Waals surface area contributed by atoms with Gasteiger partial charge in [-0.2, -0.15) is 0 Å². The average molecular weight is 230 g/mol. The van der Waals surface area contributed by atoms with Gasteiger partial charge in [0.25, 0.3) is 0 Å². The van der Waals surface area contributed by atoms with E-state index in [1.165, 1.54) is 6.07 Å². The first-order valence-electron chi connectivity index (χ1n) is 4.49. The van der Waals surface area contributed by atoms with E-state index < -0.39 is 12.1 Å². The van der Waals surface area contributed by atoms with Gasteiger partial charge in [-0.3, -0.25) is 0 Å². The van der Waals surface area contributed by atoms with Crippen LogP contribution in [-0.2, 0) is 4.79 Å². The fourth-order valence-corrected chi connectivity index (χ4v) is 1.27. The van der Waals surface area contributed by atoms with E-state index in [9.17, 15) is 4.79 Å². The molecular weight excluding hydrogens is 218 g/mol. The number of hydrogen-bond acceptors (Lipinski definition) is 3. The summed E-state index contributed by atoms with van der Waals surface area (Å²) in [5.74, 6) is -0.666. The molecule has 0 aliphatic rings. The molecule has 0 spiro atoms. The molecule has 4 nitrogen and oxygen atoms in total. The maximum atomic E-state index is 10.7. The Balaban J connectivity index is 2.84. The molecular formula is C10H12ClNO3.